The molecule has 1 aromatic carbocycles. The minimum atomic E-state index is -0.923. The van der Waals surface area contributed by atoms with Crippen molar-refractivity contribution in [3.05, 3.63) is 47.8 Å². The van der Waals surface area contributed by atoms with Crippen LogP contribution in [-0.4, -0.2) is 33.0 Å². The first kappa shape index (κ1) is 14.8. The predicted octanol–water partition coefficient (Wildman–Crippen LogP) is 2.77. The van der Waals surface area contributed by atoms with Crippen molar-refractivity contribution < 1.29 is 13.5 Å². The van der Waals surface area contributed by atoms with E-state index in [2.05, 4.69) is 20.6 Å². The summed E-state index contributed by atoms with van der Waals surface area (Å²) in [6.07, 6.45) is 2.25. The molecule has 124 valence electrons. The van der Waals surface area contributed by atoms with Gasteiger partial charge in [0.2, 0.25) is 0 Å². The molecule has 0 amide bonds. The third-order valence-corrected chi connectivity index (χ3v) is 3.80. The molecule has 1 aliphatic rings. The lowest BCUT2D eigenvalue weighted by molar-refractivity contribution is 0.329. The van der Waals surface area contributed by atoms with Gasteiger partial charge in [-0.3, -0.25) is 0 Å². The molecule has 1 N–H and O–H groups in total. The molecule has 24 heavy (non-hydrogen) atoms. The average Bonchev–Trinajstić information content (AvgIpc) is 3.34. The molecule has 0 radical (unpaired) electrons. The van der Waals surface area contributed by atoms with Gasteiger partial charge in [-0.05, 0) is 37.1 Å². The summed E-state index contributed by atoms with van der Waals surface area (Å²) in [7, 11) is 0. The summed E-state index contributed by atoms with van der Waals surface area (Å²) in [6, 6.07) is 7.13. The van der Waals surface area contributed by atoms with E-state index in [0.29, 0.717) is 24.9 Å². The molecule has 2 aromatic heterocycles. The summed E-state index contributed by atoms with van der Waals surface area (Å²) in [5, 5.41) is 15.9. The van der Waals surface area contributed by atoms with Gasteiger partial charge in [-0.25, -0.2) is 8.78 Å². The van der Waals surface area contributed by atoms with Crippen LogP contribution < -0.4 is 10.1 Å². The molecule has 6 nitrogen and oxygen atoms in total. The highest BCUT2D eigenvalue weighted by Crippen LogP contribution is 2.38. The van der Waals surface area contributed by atoms with Crippen molar-refractivity contribution in [1.29, 1.82) is 0 Å². The van der Waals surface area contributed by atoms with Gasteiger partial charge in [0.1, 0.15) is 18.2 Å². The predicted molar refractivity (Wildman–Crippen MR) is 83.1 cm³/mol. The van der Waals surface area contributed by atoms with E-state index < -0.39 is 11.6 Å². The van der Waals surface area contributed by atoms with Crippen LogP contribution >= 0.6 is 0 Å². The van der Waals surface area contributed by atoms with Gasteiger partial charge in [-0.2, -0.15) is 4.52 Å². The number of anilines is 1. The van der Waals surface area contributed by atoms with Crippen molar-refractivity contribution >= 4 is 11.5 Å². The maximum atomic E-state index is 13.1. The average molecular weight is 331 g/mol. The van der Waals surface area contributed by atoms with Crippen molar-refractivity contribution in [2.24, 2.45) is 0 Å². The fraction of sp³-hybridized carbons (Fsp3) is 0.312. The van der Waals surface area contributed by atoms with Crippen LogP contribution in [0.25, 0.3) is 5.65 Å². The van der Waals surface area contributed by atoms with Crippen molar-refractivity contribution in [2.45, 2.75) is 18.8 Å². The second kappa shape index (κ2) is 6.03. The van der Waals surface area contributed by atoms with Crippen LogP contribution in [0.5, 0.6) is 5.75 Å². The second-order valence-corrected chi connectivity index (χ2v) is 5.67. The number of hydrogen-bond donors (Lipinski definition) is 1. The Kier molecular flexibility index (Phi) is 3.72. The minimum Gasteiger partial charge on any atom is -0.492 e. The zero-order valence-electron chi connectivity index (χ0n) is 12.7. The van der Waals surface area contributed by atoms with Crippen molar-refractivity contribution in [2.75, 3.05) is 18.5 Å². The molecule has 0 bridgehead atoms. The van der Waals surface area contributed by atoms with Gasteiger partial charge in [0.05, 0.1) is 6.54 Å². The number of fused-ring (bicyclic) bond motifs is 1. The monoisotopic (exact) mass is 331 g/mol. The molecule has 1 fully saturated rings. The van der Waals surface area contributed by atoms with Crippen molar-refractivity contribution in [3.63, 3.8) is 0 Å². The third-order valence-electron chi connectivity index (χ3n) is 3.80. The zero-order valence-corrected chi connectivity index (χ0v) is 12.7. The summed E-state index contributed by atoms with van der Waals surface area (Å²) < 4.78 is 33.1. The molecule has 0 atom stereocenters. The first-order valence-electron chi connectivity index (χ1n) is 7.75. The third kappa shape index (κ3) is 2.99. The van der Waals surface area contributed by atoms with E-state index in [4.69, 9.17) is 4.74 Å². The maximum absolute atomic E-state index is 13.1. The maximum Gasteiger partial charge on any atom is 0.178 e. The summed E-state index contributed by atoms with van der Waals surface area (Å²) in [4.78, 5) is 0. The number of rotatable bonds is 6. The zero-order chi connectivity index (χ0) is 16.5. The number of nitrogens with zero attached hydrogens (tertiary/aromatic N) is 4. The molecule has 0 saturated heterocycles. The molecule has 4 rings (SSSR count). The number of ether oxygens (including phenoxy) is 1. The molecule has 1 aliphatic carbocycles. The molecule has 2 heterocycles. The SMILES string of the molecule is Fc1ccc(OCCNc2ccc3nnc(C4CC4)n3n2)cc1F. The fourth-order valence-electron chi connectivity index (χ4n) is 2.41. The van der Waals surface area contributed by atoms with E-state index in [1.165, 1.54) is 6.07 Å². The lowest BCUT2D eigenvalue weighted by atomic mass is 10.3. The Balaban J connectivity index is 1.36. The second-order valence-electron chi connectivity index (χ2n) is 5.67. The van der Waals surface area contributed by atoms with Gasteiger partial charge in [0.15, 0.2) is 23.1 Å². The summed E-state index contributed by atoms with van der Waals surface area (Å²) >= 11 is 0. The standard InChI is InChI=1S/C16H15F2N5O/c17-12-4-3-11(9-13(12)18)24-8-7-19-14-5-6-15-20-21-16(10-1-2-10)23(15)22-14/h3-6,9-10H,1-2,7-8H2,(H,19,22). The molecule has 1 saturated carbocycles. The molecule has 0 unspecified atom stereocenters. The summed E-state index contributed by atoms with van der Waals surface area (Å²) in [5.74, 6) is 0.504. The highest BCUT2D eigenvalue weighted by Gasteiger charge is 2.29. The topological polar surface area (TPSA) is 64.3 Å². The summed E-state index contributed by atoms with van der Waals surface area (Å²) in [6.45, 7) is 0.765. The van der Waals surface area contributed by atoms with E-state index in [9.17, 15) is 8.78 Å². The number of aromatic nitrogens is 4. The van der Waals surface area contributed by atoms with Gasteiger partial charge < -0.3 is 10.1 Å². The van der Waals surface area contributed by atoms with Crippen LogP contribution in [0, 0.1) is 11.6 Å². The van der Waals surface area contributed by atoms with Gasteiger partial charge in [0.25, 0.3) is 0 Å². The molecule has 0 spiro atoms. The van der Waals surface area contributed by atoms with Gasteiger partial charge in [-0.1, -0.05) is 0 Å². The van der Waals surface area contributed by atoms with E-state index in [-0.39, 0.29) is 5.75 Å². The highest BCUT2D eigenvalue weighted by atomic mass is 19.2. The van der Waals surface area contributed by atoms with Crippen LogP contribution in [-0.2, 0) is 0 Å². The molecular weight excluding hydrogens is 316 g/mol. The first-order valence-corrected chi connectivity index (χ1v) is 7.75. The van der Waals surface area contributed by atoms with Gasteiger partial charge >= 0.3 is 0 Å². The summed E-state index contributed by atoms with van der Waals surface area (Å²) in [5.41, 5.74) is 0.723. The van der Waals surface area contributed by atoms with Crippen LogP contribution in [0.2, 0.25) is 0 Å². The Bertz CT molecular complexity index is 878. The lowest BCUT2D eigenvalue weighted by Gasteiger charge is -2.08. The van der Waals surface area contributed by atoms with Crippen molar-refractivity contribution in [3.8, 4) is 5.75 Å². The van der Waals surface area contributed by atoms with Crippen LogP contribution in [0.4, 0.5) is 14.6 Å². The Hall–Kier alpha value is -2.77. The van der Waals surface area contributed by atoms with E-state index in [1.54, 1.807) is 4.52 Å². The highest BCUT2D eigenvalue weighted by molar-refractivity contribution is 5.44. The number of halogens is 2. The van der Waals surface area contributed by atoms with E-state index in [1.807, 2.05) is 12.1 Å². The van der Waals surface area contributed by atoms with Gasteiger partial charge in [-0.15, -0.1) is 15.3 Å². The van der Waals surface area contributed by atoms with Crippen LogP contribution in [0.1, 0.15) is 24.6 Å². The normalized spacial score (nSPS) is 14.1. The van der Waals surface area contributed by atoms with Gasteiger partial charge in [0, 0.05) is 12.0 Å². The Morgan fingerprint density at radius 3 is 2.79 bits per heavy atom. The van der Waals surface area contributed by atoms with E-state index >= 15 is 0 Å². The Labute approximate surface area is 136 Å². The minimum absolute atomic E-state index is 0.286. The first-order chi connectivity index (χ1) is 11.7. The Morgan fingerprint density at radius 2 is 2.00 bits per heavy atom. The Morgan fingerprint density at radius 1 is 1.12 bits per heavy atom. The molecule has 0 aliphatic heterocycles. The van der Waals surface area contributed by atoms with E-state index in [0.717, 1.165) is 36.4 Å². The lowest BCUT2D eigenvalue weighted by Crippen LogP contribution is -2.13. The largest absolute Gasteiger partial charge is 0.492 e. The van der Waals surface area contributed by atoms with Crippen LogP contribution in [0.15, 0.2) is 30.3 Å². The smallest absolute Gasteiger partial charge is 0.178 e. The molecule has 8 heteroatoms. The molecular formula is C16H15F2N5O. The van der Waals surface area contributed by atoms with Crippen molar-refractivity contribution in [1.82, 2.24) is 19.8 Å². The van der Waals surface area contributed by atoms with Crippen LogP contribution in [0.3, 0.4) is 0 Å². The quantitative estimate of drug-likeness (QED) is 0.704. The fourth-order valence-corrected chi connectivity index (χ4v) is 2.41. The molecule has 3 aromatic rings. The number of hydrogen-bond acceptors (Lipinski definition) is 5. The number of benzene rings is 1. The number of nitrogens with one attached hydrogen (secondary N) is 1.